The minimum Gasteiger partial charge on any atom is -0.495 e. The van der Waals surface area contributed by atoms with Crippen LogP contribution in [-0.4, -0.2) is 21.8 Å². The van der Waals surface area contributed by atoms with E-state index in [0.29, 0.717) is 16.3 Å². The van der Waals surface area contributed by atoms with E-state index in [2.05, 4.69) is 0 Å². The van der Waals surface area contributed by atoms with Crippen LogP contribution >= 0.6 is 11.6 Å². The van der Waals surface area contributed by atoms with Crippen molar-refractivity contribution in [1.82, 2.24) is 0 Å². The third kappa shape index (κ3) is 3.60. The number of aryl methyl sites for hydroxylation is 1. The van der Waals surface area contributed by atoms with Crippen LogP contribution in [0.15, 0.2) is 6.07 Å². The highest BCUT2D eigenvalue weighted by Gasteiger charge is 2.15. The zero-order valence-electron chi connectivity index (χ0n) is 10.9. The summed E-state index contributed by atoms with van der Waals surface area (Å²) in [6.07, 6.45) is 1.82. The molecule has 0 heterocycles. The van der Waals surface area contributed by atoms with Crippen molar-refractivity contribution in [2.24, 2.45) is 0 Å². The first-order valence-electron chi connectivity index (χ1n) is 5.49. The van der Waals surface area contributed by atoms with E-state index < -0.39 is 10.1 Å². The Hall–Kier alpha value is -0.780. The molecule has 0 radical (unpaired) electrons. The van der Waals surface area contributed by atoms with Crippen LogP contribution in [0.2, 0.25) is 5.02 Å². The summed E-state index contributed by atoms with van der Waals surface area (Å²) in [4.78, 5) is 0. The maximum Gasteiger partial charge on any atom is 0.264 e. The zero-order chi connectivity index (χ0) is 13.9. The Bertz CT molecular complexity index is 509. The van der Waals surface area contributed by atoms with E-state index in [1.165, 1.54) is 7.11 Å². The highest BCUT2D eigenvalue weighted by Crippen LogP contribution is 2.34. The molecule has 0 unspecified atom stereocenters. The van der Waals surface area contributed by atoms with Gasteiger partial charge in [-0.3, -0.25) is 4.18 Å². The van der Waals surface area contributed by atoms with Gasteiger partial charge in [0.15, 0.2) is 0 Å². The molecule has 0 aliphatic carbocycles. The number of rotatable bonds is 5. The molecule has 1 aromatic carbocycles. The quantitative estimate of drug-likeness (QED) is 0.783. The van der Waals surface area contributed by atoms with Gasteiger partial charge in [0, 0.05) is 5.56 Å². The number of methoxy groups -OCH3 is 1. The Morgan fingerprint density at radius 3 is 2.44 bits per heavy atom. The minimum absolute atomic E-state index is 0.0757. The lowest BCUT2D eigenvalue weighted by Crippen LogP contribution is -2.06. The number of ether oxygens (including phenoxy) is 1. The molecule has 0 fully saturated rings. The van der Waals surface area contributed by atoms with E-state index in [-0.39, 0.29) is 6.61 Å². The molecule has 102 valence electrons. The van der Waals surface area contributed by atoms with E-state index >= 15 is 0 Å². The predicted molar refractivity (Wildman–Crippen MR) is 71.8 cm³/mol. The first-order chi connectivity index (χ1) is 8.30. The maximum absolute atomic E-state index is 11.0. The second-order valence-electron chi connectivity index (χ2n) is 3.98. The molecule has 0 N–H and O–H groups in total. The molecule has 1 rings (SSSR count). The Morgan fingerprint density at radius 1 is 1.39 bits per heavy atom. The fraction of sp³-hybridized carbons (Fsp3) is 0.500. The van der Waals surface area contributed by atoms with E-state index in [4.69, 9.17) is 20.5 Å². The summed E-state index contributed by atoms with van der Waals surface area (Å²) in [5, 5.41) is 0.399. The first-order valence-corrected chi connectivity index (χ1v) is 7.68. The van der Waals surface area contributed by atoms with Gasteiger partial charge in [0.1, 0.15) is 5.75 Å². The lowest BCUT2D eigenvalue weighted by Gasteiger charge is -2.15. The van der Waals surface area contributed by atoms with Gasteiger partial charge >= 0.3 is 0 Å². The van der Waals surface area contributed by atoms with Crippen LogP contribution < -0.4 is 4.74 Å². The normalized spacial score (nSPS) is 11.6. The molecule has 0 atom stereocenters. The van der Waals surface area contributed by atoms with Gasteiger partial charge in [-0.15, -0.1) is 0 Å². The molecule has 0 spiro atoms. The lowest BCUT2D eigenvalue weighted by atomic mass is 10.0. The van der Waals surface area contributed by atoms with Crippen LogP contribution in [0.3, 0.4) is 0 Å². The van der Waals surface area contributed by atoms with Crippen molar-refractivity contribution in [3.63, 3.8) is 0 Å². The molecule has 0 saturated heterocycles. The highest BCUT2D eigenvalue weighted by atomic mass is 35.5. The van der Waals surface area contributed by atoms with E-state index in [0.717, 1.165) is 23.8 Å². The van der Waals surface area contributed by atoms with Crippen molar-refractivity contribution in [2.45, 2.75) is 26.9 Å². The Morgan fingerprint density at radius 2 is 2.00 bits per heavy atom. The molecule has 4 nitrogen and oxygen atoms in total. The summed E-state index contributed by atoms with van der Waals surface area (Å²) in [7, 11) is -1.97. The predicted octanol–water partition coefficient (Wildman–Crippen LogP) is 2.70. The maximum atomic E-state index is 11.0. The summed E-state index contributed by atoms with van der Waals surface area (Å²) < 4.78 is 32.1. The van der Waals surface area contributed by atoms with Crippen LogP contribution in [-0.2, 0) is 27.3 Å². The van der Waals surface area contributed by atoms with Crippen molar-refractivity contribution >= 4 is 21.7 Å². The molecule has 0 aliphatic rings. The summed E-state index contributed by atoms with van der Waals surface area (Å²) in [5.41, 5.74) is 2.65. The minimum atomic E-state index is -3.49. The molecule has 0 saturated carbocycles. The lowest BCUT2D eigenvalue weighted by molar-refractivity contribution is 0.310. The smallest absolute Gasteiger partial charge is 0.264 e. The van der Waals surface area contributed by atoms with Crippen molar-refractivity contribution in [1.29, 1.82) is 0 Å². The van der Waals surface area contributed by atoms with Gasteiger partial charge in [-0.05, 0) is 30.5 Å². The second kappa shape index (κ2) is 5.91. The van der Waals surface area contributed by atoms with E-state index in [1.807, 2.05) is 19.9 Å². The van der Waals surface area contributed by atoms with Crippen LogP contribution in [0.25, 0.3) is 0 Å². The fourth-order valence-electron chi connectivity index (χ4n) is 1.69. The van der Waals surface area contributed by atoms with Gasteiger partial charge in [0.05, 0.1) is 25.0 Å². The van der Waals surface area contributed by atoms with Gasteiger partial charge in [-0.25, -0.2) is 0 Å². The monoisotopic (exact) mass is 292 g/mol. The number of halogens is 1. The Labute approximate surface area is 113 Å². The fourth-order valence-corrected chi connectivity index (χ4v) is 2.35. The number of hydrogen-bond donors (Lipinski definition) is 0. The summed E-state index contributed by atoms with van der Waals surface area (Å²) in [5.74, 6) is 0.534. The van der Waals surface area contributed by atoms with Crippen molar-refractivity contribution < 1.29 is 17.3 Å². The molecule has 0 bridgehead atoms. The molecule has 0 aliphatic heterocycles. The summed E-state index contributed by atoms with van der Waals surface area (Å²) >= 11 is 6.17. The third-order valence-corrected chi connectivity index (χ3v) is 3.70. The summed E-state index contributed by atoms with van der Waals surface area (Å²) in [6.45, 7) is 3.83. The van der Waals surface area contributed by atoms with E-state index in [9.17, 15) is 8.42 Å². The largest absolute Gasteiger partial charge is 0.495 e. The molecule has 6 heteroatoms. The van der Waals surface area contributed by atoms with Crippen LogP contribution in [0.4, 0.5) is 0 Å². The van der Waals surface area contributed by atoms with Gasteiger partial charge < -0.3 is 4.74 Å². The SMILES string of the molecule is CCc1cc(OC)c(Cl)c(COS(C)(=O)=O)c1C. The molecule has 0 amide bonds. The Balaban J connectivity index is 3.23. The highest BCUT2D eigenvalue weighted by molar-refractivity contribution is 7.85. The average Bonchev–Trinajstić information content (AvgIpc) is 2.28. The van der Waals surface area contributed by atoms with Crippen molar-refractivity contribution in [3.05, 3.63) is 27.8 Å². The molecular formula is C12H17ClO4S. The zero-order valence-corrected chi connectivity index (χ0v) is 12.5. The van der Waals surface area contributed by atoms with Crippen LogP contribution in [0, 0.1) is 6.92 Å². The topological polar surface area (TPSA) is 52.6 Å². The Kier molecular flexibility index (Phi) is 5.01. The first kappa shape index (κ1) is 15.3. The van der Waals surface area contributed by atoms with Gasteiger partial charge in [0.25, 0.3) is 10.1 Å². The van der Waals surface area contributed by atoms with E-state index in [1.54, 1.807) is 0 Å². The molecule has 1 aromatic rings. The number of hydrogen-bond acceptors (Lipinski definition) is 4. The van der Waals surface area contributed by atoms with Crippen LogP contribution in [0.5, 0.6) is 5.75 Å². The van der Waals surface area contributed by atoms with Crippen molar-refractivity contribution in [3.8, 4) is 5.75 Å². The summed E-state index contributed by atoms with van der Waals surface area (Å²) in [6, 6.07) is 1.86. The molecule has 0 aromatic heterocycles. The molecule has 18 heavy (non-hydrogen) atoms. The second-order valence-corrected chi connectivity index (χ2v) is 6.00. The average molecular weight is 293 g/mol. The van der Waals surface area contributed by atoms with Gasteiger partial charge in [0.2, 0.25) is 0 Å². The third-order valence-electron chi connectivity index (χ3n) is 2.74. The van der Waals surface area contributed by atoms with Gasteiger partial charge in [-0.2, -0.15) is 8.42 Å². The van der Waals surface area contributed by atoms with Crippen molar-refractivity contribution in [2.75, 3.05) is 13.4 Å². The molecular weight excluding hydrogens is 276 g/mol. The number of benzene rings is 1. The standard InChI is InChI=1S/C12H17ClO4S/c1-5-9-6-11(16-3)12(13)10(8(9)2)7-17-18(4,14)15/h6H,5,7H2,1-4H3. The van der Waals surface area contributed by atoms with Gasteiger partial charge in [-0.1, -0.05) is 18.5 Å². The van der Waals surface area contributed by atoms with Crippen LogP contribution in [0.1, 0.15) is 23.6 Å².